The van der Waals surface area contributed by atoms with E-state index in [1.165, 1.54) is 11.8 Å². The lowest BCUT2D eigenvalue weighted by Crippen LogP contribution is -2.42. The zero-order valence-corrected chi connectivity index (χ0v) is 13.1. The standard InChI is InChI=1S/C14H20N2O4.ClH/c1-10(14(18)19)16(2)9-13(17)15-8-11-5-4-6-12(7-11)20-3;/h4-7,10H,8-9H2,1-3H3,(H,15,17)(H,18,19);1H. The fourth-order valence-corrected chi connectivity index (χ4v) is 1.59. The molecule has 0 aliphatic rings. The molecule has 2 N–H and O–H groups in total. The number of carboxylic acids is 1. The highest BCUT2D eigenvalue weighted by atomic mass is 35.5. The van der Waals surface area contributed by atoms with Gasteiger partial charge in [0.25, 0.3) is 0 Å². The van der Waals surface area contributed by atoms with Crippen LogP contribution in [-0.2, 0) is 16.1 Å². The smallest absolute Gasteiger partial charge is 0.320 e. The van der Waals surface area contributed by atoms with E-state index >= 15 is 0 Å². The first kappa shape index (κ1) is 19.2. The Morgan fingerprint density at radius 3 is 2.67 bits per heavy atom. The Bertz CT molecular complexity index is 482. The number of benzene rings is 1. The molecule has 1 atom stereocenters. The third-order valence-electron chi connectivity index (χ3n) is 3.04. The molecule has 1 rings (SSSR count). The van der Waals surface area contributed by atoms with Crippen molar-refractivity contribution < 1.29 is 19.4 Å². The largest absolute Gasteiger partial charge is 0.497 e. The van der Waals surface area contributed by atoms with E-state index in [1.54, 1.807) is 14.2 Å². The quantitative estimate of drug-likeness (QED) is 0.788. The number of rotatable bonds is 7. The van der Waals surface area contributed by atoms with Crippen molar-refractivity contribution in [2.45, 2.75) is 19.5 Å². The van der Waals surface area contributed by atoms with Crippen LogP contribution in [0, 0.1) is 0 Å². The van der Waals surface area contributed by atoms with Gasteiger partial charge in [0.15, 0.2) is 0 Å². The number of aliphatic carboxylic acids is 1. The monoisotopic (exact) mass is 316 g/mol. The first-order valence-corrected chi connectivity index (χ1v) is 6.26. The van der Waals surface area contributed by atoms with Gasteiger partial charge in [-0.2, -0.15) is 0 Å². The Hall–Kier alpha value is -1.79. The third-order valence-corrected chi connectivity index (χ3v) is 3.04. The first-order valence-electron chi connectivity index (χ1n) is 6.26. The lowest BCUT2D eigenvalue weighted by molar-refractivity contribution is -0.142. The zero-order valence-electron chi connectivity index (χ0n) is 12.3. The van der Waals surface area contributed by atoms with Gasteiger partial charge >= 0.3 is 5.97 Å². The summed E-state index contributed by atoms with van der Waals surface area (Å²) in [5.41, 5.74) is 0.923. The highest BCUT2D eigenvalue weighted by Gasteiger charge is 2.18. The molecule has 0 spiro atoms. The molecular formula is C14H21ClN2O4. The van der Waals surface area contributed by atoms with Gasteiger partial charge in [-0.25, -0.2) is 0 Å². The van der Waals surface area contributed by atoms with E-state index in [4.69, 9.17) is 9.84 Å². The number of hydrogen-bond acceptors (Lipinski definition) is 4. The molecule has 6 nitrogen and oxygen atoms in total. The van der Waals surface area contributed by atoms with Crippen molar-refractivity contribution in [1.29, 1.82) is 0 Å². The van der Waals surface area contributed by atoms with Crippen LogP contribution in [0.15, 0.2) is 24.3 Å². The van der Waals surface area contributed by atoms with Crippen molar-refractivity contribution in [1.82, 2.24) is 10.2 Å². The zero-order chi connectivity index (χ0) is 15.1. The molecule has 0 bridgehead atoms. The van der Waals surface area contributed by atoms with E-state index < -0.39 is 12.0 Å². The second-order valence-electron chi connectivity index (χ2n) is 4.56. The SMILES string of the molecule is COc1cccc(CNC(=O)CN(C)C(C)C(=O)O)c1.Cl. The van der Waals surface area contributed by atoms with Crippen LogP contribution in [0.1, 0.15) is 12.5 Å². The molecule has 0 aliphatic carbocycles. The van der Waals surface area contributed by atoms with Crippen molar-refractivity contribution in [2.24, 2.45) is 0 Å². The minimum absolute atomic E-state index is 0. The molecule has 21 heavy (non-hydrogen) atoms. The van der Waals surface area contributed by atoms with Crippen LogP contribution in [0.25, 0.3) is 0 Å². The molecule has 1 aromatic rings. The molecule has 1 unspecified atom stereocenters. The number of likely N-dealkylation sites (N-methyl/N-ethyl adjacent to an activating group) is 1. The average molecular weight is 317 g/mol. The maximum absolute atomic E-state index is 11.7. The number of nitrogens with one attached hydrogen (secondary N) is 1. The number of carboxylic acid groups (broad SMARTS) is 1. The Kier molecular flexibility index (Phi) is 8.42. The van der Waals surface area contributed by atoms with Crippen LogP contribution in [0.5, 0.6) is 5.75 Å². The maximum atomic E-state index is 11.7. The summed E-state index contributed by atoms with van der Waals surface area (Å²) in [7, 11) is 3.18. The predicted molar refractivity (Wildman–Crippen MR) is 81.8 cm³/mol. The van der Waals surface area contributed by atoms with Crippen LogP contribution in [0.4, 0.5) is 0 Å². The molecule has 1 amide bonds. The molecule has 118 valence electrons. The minimum Gasteiger partial charge on any atom is -0.497 e. The van der Waals surface area contributed by atoms with Gasteiger partial charge in [0.1, 0.15) is 11.8 Å². The molecular weight excluding hydrogens is 296 g/mol. The molecule has 0 aliphatic heterocycles. The molecule has 7 heteroatoms. The second-order valence-corrected chi connectivity index (χ2v) is 4.56. The van der Waals surface area contributed by atoms with Gasteiger partial charge in [-0.05, 0) is 31.7 Å². The molecule has 0 fully saturated rings. The van der Waals surface area contributed by atoms with Crippen LogP contribution >= 0.6 is 12.4 Å². The molecule has 0 saturated carbocycles. The summed E-state index contributed by atoms with van der Waals surface area (Å²) in [5.74, 6) is -0.440. The first-order chi connectivity index (χ1) is 9.43. The lowest BCUT2D eigenvalue weighted by atomic mass is 10.2. The number of halogens is 1. The Balaban J connectivity index is 0.00000400. The summed E-state index contributed by atoms with van der Waals surface area (Å²) >= 11 is 0. The fourth-order valence-electron chi connectivity index (χ4n) is 1.59. The van der Waals surface area contributed by atoms with Gasteiger partial charge in [-0.15, -0.1) is 12.4 Å². The van der Waals surface area contributed by atoms with E-state index in [-0.39, 0.29) is 24.9 Å². The maximum Gasteiger partial charge on any atom is 0.320 e. The topological polar surface area (TPSA) is 78.9 Å². The molecule has 0 radical (unpaired) electrons. The van der Waals surface area contributed by atoms with Crippen LogP contribution in [0.3, 0.4) is 0 Å². The van der Waals surface area contributed by atoms with E-state index in [0.717, 1.165) is 11.3 Å². The number of methoxy groups -OCH3 is 1. The summed E-state index contributed by atoms with van der Waals surface area (Å²) in [6, 6.07) is 6.70. The molecule has 0 saturated heterocycles. The number of ether oxygens (including phenoxy) is 1. The third kappa shape index (κ3) is 6.46. The number of amides is 1. The van der Waals surface area contributed by atoms with E-state index in [2.05, 4.69) is 5.32 Å². The average Bonchev–Trinajstić information content (AvgIpc) is 2.44. The van der Waals surface area contributed by atoms with Crippen molar-refractivity contribution in [3.05, 3.63) is 29.8 Å². The minimum atomic E-state index is -0.951. The summed E-state index contributed by atoms with van der Waals surface area (Å²) in [6.45, 7) is 1.96. The van der Waals surface area contributed by atoms with E-state index in [1.807, 2.05) is 24.3 Å². The normalized spacial score (nSPS) is 11.4. The van der Waals surface area contributed by atoms with Gasteiger partial charge in [-0.1, -0.05) is 12.1 Å². The van der Waals surface area contributed by atoms with Crippen LogP contribution < -0.4 is 10.1 Å². The molecule has 1 aromatic carbocycles. The van der Waals surface area contributed by atoms with E-state index in [9.17, 15) is 9.59 Å². The van der Waals surface area contributed by atoms with Gasteiger partial charge < -0.3 is 15.2 Å². The van der Waals surface area contributed by atoms with E-state index in [0.29, 0.717) is 6.54 Å². The van der Waals surface area contributed by atoms with Crippen LogP contribution in [-0.4, -0.2) is 48.6 Å². The summed E-state index contributed by atoms with van der Waals surface area (Å²) < 4.78 is 5.10. The number of carbonyl (C=O) groups is 2. The Morgan fingerprint density at radius 2 is 2.10 bits per heavy atom. The van der Waals surface area contributed by atoms with Gasteiger partial charge in [-0.3, -0.25) is 14.5 Å². The lowest BCUT2D eigenvalue weighted by Gasteiger charge is -2.20. The predicted octanol–water partition coefficient (Wildman–Crippen LogP) is 1.14. The van der Waals surface area contributed by atoms with Gasteiger partial charge in [0.05, 0.1) is 13.7 Å². The Morgan fingerprint density at radius 1 is 1.43 bits per heavy atom. The van der Waals surface area contributed by atoms with Crippen LogP contribution in [0.2, 0.25) is 0 Å². The van der Waals surface area contributed by atoms with Crippen molar-refractivity contribution >= 4 is 24.3 Å². The summed E-state index contributed by atoms with van der Waals surface area (Å²) in [5, 5.41) is 11.6. The number of carbonyl (C=O) groups excluding carboxylic acids is 1. The highest BCUT2D eigenvalue weighted by Crippen LogP contribution is 2.12. The molecule has 0 aromatic heterocycles. The molecule has 0 heterocycles. The van der Waals surface area contributed by atoms with Gasteiger partial charge in [0.2, 0.25) is 5.91 Å². The summed E-state index contributed by atoms with van der Waals surface area (Å²) in [6.07, 6.45) is 0. The van der Waals surface area contributed by atoms with Crippen molar-refractivity contribution in [3.63, 3.8) is 0 Å². The fraction of sp³-hybridized carbons (Fsp3) is 0.429. The Labute approximate surface area is 130 Å². The highest BCUT2D eigenvalue weighted by molar-refractivity contribution is 5.85. The van der Waals surface area contributed by atoms with Gasteiger partial charge in [0, 0.05) is 6.54 Å². The second kappa shape index (κ2) is 9.20. The number of nitrogens with zero attached hydrogens (tertiary/aromatic N) is 1. The van der Waals surface area contributed by atoms with Crippen molar-refractivity contribution in [3.8, 4) is 5.75 Å². The number of hydrogen-bond donors (Lipinski definition) is 2. The van der Waals surface area contributed by atoms with Crippen molar-refractivity contribution in [2.75, 3.05) is 20.7 Å². The summed E-state index contributed by atoms with van der Waals surface area (Å²) in [4.78, 5) is 24.0.